The number of nitrogens with two attached hydrogens (primary N) is 1. The largest absolute Gasteiger partial charge is 0.401 e. The van der Waals surface area contributed by atoms with Crippen LogP contribution in [0, 0.1) is 11.3 Å². The Balaban J connectivity index is 4.59. The maximum atomic E-state index is 8.48. The summed E-state index contributed by atoms with van der Waals surface area (Å²) >= 11 is 4.78. The number of hydrogen-bond acceptors (Lipinski definition) is 3. The second kappa shape index (κ2) is 3.85. The van der Waals surface area contributed by atoms with Gasteiger partial charge < -0.3 is 11.1 Å². The molecule has 0 unspecified atom stereocenters. The monoisotopic (exact) mass is 155 g/mol. The van der Waals surface area contributed by atoms with E-state index in [9.17, 15) is 0 Å². The molecule has 3 nitrogen and oxygen atoms in total. The van der Waals surface area contributed by atoms with E-state index < -0.39 is 0 Å². The van der Waals surface area contributed by atoms with Crippen molar-refractivity contribution in [3.05, 3.63) is 11.3 Å². The lowest BCUT2D eigenvalue weighted by atomic mass is 10.2. The Morgan fingerprint density at radius 2 is 2.20 bits per heavy atom. The number of hydrogen-bond donors (Lipinski definition) is 2. The second-order valence-corrected chi connectivity index (χ2v) is 2.16. The van der Waals surface area contributed by atoms with Crippen molar-refractivity contribution < 1.29 is 0 Å². The van der Waals surface area contributed by atoms with Gasteiger partial charge in [0.15, 0.2) is 0 Å². The van der Waals surface area contributed by atoms with Crippen molar-refractivity contribution in [1.82, 2.24) is 5.32 Å². The Labute approximate surface area is 65.5 Å². The zero-order valence-corrected chi connectivity index (χ0v) is 6.75. The number of rotatable bonds is 1. The Hall–Kier alpha value is -1.08. The van der Waals surface area contributed by atoms with E-state index in [4.69, 9.17) is 23.2 Å². The third-order valence-electron chi connectivity index (χ3n) is 0.960. The maximum Gasteiger partial charge on any atom is 0.118 e. The number of allylic oxidation sites excluding steroid dienone is 1. The van der Waals surface area contributed by atoms with Crippen molar-refractivity contribution in [1.29, 1.82) is 5.26 Å². The van der Waals surface area contributed by atoms with Gasteiger partial charge in [-0.2, -0.15) is 5.26 Å². The summed E-state index contributed by atoms with van der Waals surface area (Å²) in [5.74, 6) is 0. The summed E-state index contributed by atoms with van der Waals surface area (Å²) < 4.78 is 0. The quantitative estimate of drug-likeness (QED) is 0.324. The van der Waals surface area contributed by atoms with Crippen LogP contribution in [-0.4, -0.2) is 12.0 Å². The fourth-order valence-corrected chi connectivity index (χ4v) is 0.650. The molecule has 0 rings (SSSR count). The Morgan fingerprint density at radius 1 is 1.70 bits per heavy atom. The molecule has 0 radical (unpaired) electrons. The van der Waals surface area contributed by atoms with Crippen LogP contribution >= 0.6 is 12.2 Å². The molecule has 54 valence electrons. The minimum atomic E-state index is 0.345. The Bertz CT molecular complexity index is 208. The molecule has 0 aliphatic rings. The summed E-state index contributed by atoms with van der Waals surface area (Å²) in [6, 6.07) is 1.90. The fraction of sp³-hybridized carbons (Fsp3) is 0.333. The highest BCUT2D eigenvalue weighted by Gasteiger charge is 2.02. The molecule has 0 saturated carbocycles. The number of nitrogens with zero attached hydrogens (tertiary/aromatic N) is 1. The molecule has 0 bridgehead atoms. The highest BCUT2D eigenvalue weighted by molar-refractivity contribution is 7.80. The molecular weight excluding hydrogens is 146 g/mol. The van der Waals surface area contributed by atoms with Crippen LogP contribution in [0.1, 0.15) is 6.92 Å². The molecule has 0 fully saturated rings. The summed E-state index contributed by atoms with van der Waals surface area (Å²) in [5, 5.41) is 11.2. The van der Waals surface area contributed by atoms with E-state index in [1.54, 1.807) is 14.0 Å². The maximum absolute atomic E-state index is 8.48. The van der Waals surface area contributed by atoms with Gasteiger partial charge in [0.25, 0.3) is 0 Å². The van der Waals surface area contributed by atoms with Gasteiger partial charge >= 0.3 is 0 Å². The van der Waals surface area contributed by atoms with E-state index in [0.29, 0.717) is 16.3 Å². The lowest BCUT2D eigenvalue weighted by Gasteiger charge is -2.00. The molecule has 0 aromatic rings. The molecule has 0 spiro atoms. The van der Waals surface area contributed by atoms with Gasteiger partial charge in [0.2, 0.25) is 0 Å². The fourth-order valence-electron chi connectivity index (χ4n) is 0.443. The van der Waals surface area contributed by atoms with Crippen LogP contribution in [0.4, 0.5) is 0 Å². The van der Waals surface area contributed by atoms with Crippen molar-refractivity contribution in [2.24, 2.45) is 5.73 Å². The zero-order chi connectivity index (χ0) is 8.15. The first-order valence-electron chi connectivity index (χ1n) is 2.72. The van der Waals surface area contributed by atoms with Crippen LogP contribution in [-0.2, 0) is 0 Å². The van der Waals surface area contributed by atoms with Gasteiger partial charge in [0.1, 0.15) is 16.6 Å². The summed E-state index contributed by atoms with van der Waals surface area (Å²) in [5.41, 5.74) is 6.14. The van der Waals surface area contributed by atoms with Gasteiger partial charge in [-0.1, -0.05) is 12.2 Å². The molecule has 4 heteroatoms. The van der Waals surface area contributed by atoms with E-state index >= 15 is 0 Å². The molecule has 0 aromatic carbocycles. The van der Waals surface area contributed by atoms with E-state index in [0.717, 1.165) is 0 Å². The van der Waals surface area contributed by atoms with Gasteiger partial charge in [0.05, 0.1) is 0 Å². The highest BCUT2D eigenvalue weighted by atomic mass is 32.1. The number of thiocarbonyl (C=S) groups is 1. The Morgan fingerprint density at radius 3 is 2.30 bits per heavy atom. The minimum Gasteiger partial charge on any atom is -0.401 e. The summed E-state index contributed by atoms with van der Waals surface area (Å²) in [6.45, 7) is 1.64. The van der Waals surface area contributed by atoms with E-state index in [2.05, 4.69) is 5.32 Å². The van der Waals surface area contributed by atoms with E-state index in [1.807, 2.05) is 6.07 Å². The van der Waals surface area contributed by atoms with E-state index in [-0.39, 0.29) is 0 Å². The van der Waals surface area contributed by atoms with Crippen LogP contribution in [0.15, 0.2) is 11.3 Å². The van der Waals surface area contributed by atoms with Crippen molar-refractivity contribution in [3.8, 4) is 6.07 Å². The summed E-state index contributed by atoms with van der Waals surface area (Å²) in [6.07, 6.45) is 0. The predicted molar refractivity (Wildman–Crippen MR) is 44.2 cm³/mol. The lowest BCUT2D eigenvalue weighted by molar-refractivity contribution is 1.18. The SMILES string of the molecule is CNC(=S)/C(C#N)=C(/C)N. The molecule has 3 N–H and O–H groups in total. The molecular formula is C6H9N3S. The molecule has 0 amide bonds. The molecule has 0 saturated heterocycles. The first kappa shape index (κ1) is 8.92. The average molecular weight is 155 g/mol. The number of likely N-dealkylation sites (N-methyl/N-ethyl adjacent to an activating group) is 1. The van der Waals surface area contributed by atoms with Crippen molar-refractivity contribution >= 4 is 17.2 Å². The Kier molecular flexibility index (Phi) is 3.44. The third kappa shape index (κ3) is 2.03. The molecule has 0 aliphatic heterocycles. The normalized spacial score (nSPS) is 11.3. The first-order valence-corrected chi connectivity index (χ1v) is 3.12. The van der Waals surface area contributed by atoms with Crippen LogP contribution in [0.2, 0.25) is 0 Å². The second-order valence-electron chi connectivity index (χ2n) is 1.75. The lowest BCUT2D eigenvalue weighted by Crippen LogP contribution is -2.19. The van der Waals surface area contributed by atoms with Crippen molar-refractivity contribution in [3.63, 3.8) is 0 Å². The van der Waals surface area contributed by atoms with Crippen molar-refractivity contribution in [2.75, 3.05) is 7.05 Å². The standard InChI is InChI=1S/C6H9N3S/c1-4(8)5(3-7)6(10)9-2/h8H2,1-2H3,(H,9,10)/b5-4-. The van der Waals surface area contributed by atoms with Crippen LogP contribution in [0.25, 0.3) is 0 Å². The number of nitrogens with one attached hydrogen (secondary N) is 1. The summed E-state index contributed by atoms with van der Waals surface area (Å²) in [4.78, 5) is 0.391. The van der Waals surface area contributed by atoms with E-state index in [1.165, 1.54) is 0 Å². The summed E-state index contributed by atoms with van der Waals surface area (Å²) in [7, 11) is 1.66. The van der Waals surface area contributed by atoms with Gasteiger partial charge in [-0.3, -0.25) is 0 Å². The topological polar surface area (TPSA) is 61.8 Å². The third-order valence-corrected chi connectivity index (χ3v) is 1.37. The van der Waals surface area contributed by atoms with Gasteiger partial charge in [-0.15, -0.1) is 0 Å². The first-order chi connectivity index (χ1) is 4.63. The predicted octanol–water partition coefficient (Wildman–Crippen LogP) is 0.289. The zero-order valence-electron chi connectivity index (χ0n) is 5.93. The van der Waals surface area contributed by atoms with Crippen LogP contribution < -0.4 is 11.1 Å². The van der Waals surface area contributed by atoms with Crippen molar-refractivity contribution in [2.45, 2.75) is 6.92 Å². The average Bonchev–Trinajstić information content (AvgIpc) is 1.88. The smallest absolute Gasteiger partial charge is 0.118 e. The van der Waals surface area contributed by atoms with Crippen LogP contribution in [0.5, 0.6) is 0 Å². The molecule has 0 atom stereocenters. The minimum absolute atomic E-state index is 0.345. The van der Waals surface area contributed by atoms with Crippen LogP contribution in [0.3, 0.4) is 0 Å². The highest BCUT2D eigenvalue weighted by Crippen LogP contribution is 1.97. The molecule has 10 heavy (non-hydrogen) atoms. The van der Waals surface area contributed by atoms with Gasteiger partial charge in [0, 0.05) is 12.7 Å². The van der Waals surface area contributed by atoms with Gasteiger partial charge in [-0.05, 0) is 6.92 Å². The molecule has 0 aromatic heterocycles. The molecule has 0 heterocycles. The van der Waals surface area contributed by atoms with Gasteiger partial charge in [-0.25, -0.2) is 0 Å². The molecule has 0 aliphatic carbocycles. The number of nitriles is 1.